The van der Waals surface area contributed by atoms with E-state index < -0.39 is 24.5 Å². The van der Waals surface area contributed by atoms with Crippen LogP contribution >= 0.6 is 0 Å². The first-order chi connectivity index (χ1) is 12.4. The number of fused-ring (bicyclic) bond motifs is 1. The normalized spacial score (nSPS) is 11.6. The summed E-state index contributed by atoms with van der Waals surface area (Å²) in [5.41, 5.74) is -0.0229. The average molecular weight is 358 g/mol. The molecule has 2 aromatic carbocycles. The van der Waals surface area contributed by atoms with E-state index >= 15 is 0 Å². The molecule has 26 heavy (non-hydrogen) atoms. The second-order valence-electron chi connectivity index (χ2n) is 5.87. The number of phenols is 1. The summed E-state index contributed by atoms with van der Waals surface area (Å²) < 4.78 is 4.94. The van der Waals surface area contributed by atoms with Crippen LogP contribution in [0.1, 0.15) is 30.6 Å². The van der Waals surface area contributed by atoms with Crippen molar-refractivity contribution in [2.75, 3.05) is 13.2 Å². The lowest BCUT2D eigenvalue weighted by atomic mass is 10.1. The van der Waals surface area contributed by atoms with E-state index in [0.29, 0.717) is 6.54 Å². The molecule has 0 spiro atoms. The van der Waals surface area contributed by atoms with Gasteiger partial charge in [0.25, 0.3) is 5.91 Å². The molecule has 1 atom stereocenters. The third-order valence-electron chi connectivity index (χ3n) is 3.74. The minimum Gasteiger partial charge on any atom is -0.507 e. The number of hydrogen-bond donors (Lipinski definition) is 3. The summed E-state index contributed by atoms with van der Waals surface area (Å²) in [5.74, 6) is -1.94. The van der Waals surface area contributed by atoms with Crippen LogP contribution in [0.4, 0.5) is 0 Å². The van der Waals surface area contributed by atoms with E-state index in [2.05, 4.69) is 10.6 Å². The van der Waals surface area contributed by atoms with Gasteiger partial charge < -0.3 is 20.5 Å². The standard InChI is InChI=1S/C19H22N2O5/c1-3-8-20-18(24)12(2)21-17(23)11-26-19(25)15-9-13-6-4-5-7-14(13)10-16(15)22/h4-7,9-10,12,22H,3,8,11H2,1-2H3,(H,20,24)(H,21,23)/t12-/m1/s1. The van der Waals surface area contributed by atoms with Gasteiger partial charge in [-0.3, -0.25) is 9.59 Å². The third kappa shape index (κ3) is 4.95. The van der Waals surface area contributed by atoms with Crippen LogP contribution in [0.25, 0.3) is 10.8 Å². The number of esters is 1. The van der Waals surface area contributed by atoms with Gasteiger partial charge in [-0.25, -0.2) is 4.79 Å². The number of carbonyl (C=O) groups is 3. The Labute approximate surface area is 151 Å². The van der Waals surface area contributed by atoms with Gasteiger partial charge in [0.15, 0.2) is 6.61 Å². The summed E-state index contributed by atoms with van der Waals surface area (Å²) >= 11 is 0. The number of amides is 2. The largest absolute Gasteiger partial charge is 0.507 e. The lowest BCUT2D eigenvalue weighted by molar-refractivity contribution is -0.130. The summed E-state index contributed by atoms with van der Waals surface area (Å²) in [6, 6.07) is 9.48. The highest BCUT2D eigenvalue weighted by Crippen LogP contribution is 2.25. The number of phenolic OH excluding ortho intramolecular Hbond substituents is 1. The molecule has 0 aliphatic heterocycles. The molecule has 0 unspecified atom stereocenters. The second kappa shape index (κ2) is 8.84. The van der Waals surface area contributed by atoms with Crippen LogP contribution in [0, 0.1) is 0 Å². The molecule has 2 amide bonds. The molecule has 138 valence electrons. The Bertz CT molecular complexity index is 819. The highest BCUT2D eigenvalue weighted by atomic mass is 16.5. The topological polar surface area (TPSA) is 105 Å². The first-order valence-corrected chi connectivity index (χ1v) is 8.38. The first kappa shape index (κ1) is 19.2. The summed E-state index contributed by atoms with van der Waals surface area (Å²) in [6.07, 6.45) is 0.791. The van der Waals surface area contributed by atoms with Gasteiger partial charge in [0.05, 0.1) is 0 Å². The van der Waals surface area contributed by atoms with Crippen molar-refractivity contribution in [3.63, 3.8) is 0 Å². The molecule has 0 heterocycles. The maximum atomic E-state index is 12.1. The van der Waals surface area contributed by atoms with E-state index in [9.17, 15) is 19.5 Å². The molecule has 0 bridgehead atoms. The Morgan fingerprint density at radius 3 is 2.46 bits per heavy atom. The molecule has 0 aromatic heterocycles. The van der Waals surface area contributed by atoms with Crippen LogP contribution in [0.5, 0.6) is 5.75 Å². The number of carbonyl (C=O) groups excluding carboxylic acids is 3. The van der Waals surface area contributed by atoms with E-state index in [-0.39, 0.29) is 17.2 Å². The van der Waals surface area contributed by atoms with Gasteiger partial charge in [-0.2, -0.15) is 0 Å². The zero-order valence-corrected chi connectivity index (χ0v) is 14.7. The van der Waals surface area contributed by atoms with E-state index in [1.54, 1.807) is 13.0 Å². The number of aromatic hydroxyl groups is 1. The predicted octanol–water partition coefficient (Wildman–Crippen LogP) is 1.73. The Hall–Kier alpha value is -3.09. The smallest absolute Gasteiger partial charge is 0.342 e. The minimum absolute atomic E-state index is 0.0229. The van der Waals surface area contributed by atoms with E-state index in [1.165, 1.54) is 12.1 Å². The number of nitrogens with one attached hydrogen (secondary N) is 2. The van der Waals surface area contributed by atoms with Crippen molar-refractivity contribution in [3.05, 3.63) is 42.0 Å². The Morgan fingerprint density at radius 2 is 1.81 bits per heavy atom. The van der Waals surface area contributed by atoms with E-state index in [4.69, 9.17) is 4.74 Å². The molecule has 0 aliphatic rings. The van der Waals surface area contributed by atoms with Crippen molar-refractivity contribution in [1.29, 1.82) is 0 Å². The maximum absolute atomic E-state index is 12.1. The lowest BCUT2D eigenvalue weighted by Gasteiger charge is -2.14. The first-order valence-electron chi connectivity index (χ1n) is 8.38. The van der Waals surface area contributed by atoms with Crippen molar-refractivity contribution in [1.82, 2.24) is 10.6 Å². The fraction of sp³-hybridized carbons (Fsp3) is 0.316. The molecule has 0 fully saturated rings. The van der Waals surface area contributed by atoms with Crippen LogP contribution in [0.15, 0.2) is 36.4 Å². The monoisotopic (exact) mass is 358 g/mol. The second-order valence-corrected chi connectivity index (χ2v) is 5.87. The maximum Gasteiger partial charge on any atom is 0.342 e. The van der Waals surface area contributed by atoms with Crippen molar-refractivity contribution >= 4 is 28.6 Å². The molecule has 3 N–H and O–H groups in total. The number of hydrogen-bond acceptors (Lipinski definition) is 5. The molecular weight excluding hydrogens is 336 g/mol. The molecule has 2 rings (SSSR count). The van der Waals surface area contributed by atoms with Gasteiger partial charge >= 0.3 is 5.97 Å². The zero-order chi connectivity index (χ0) is 19.1. The molecule has 2 aromatic rings. The molecule has 0 radical (unpaired) electrons. The van der Waals surface area contributed by atoms with Gasteiger partial charge in [0.1, 0.15) is 17.4 Å². The third-order valence-corrected chi connectivity index (χ3v) is 3.74. The lowest BCUT2D eigenvalue weighted by Crippen LogP contribution is -2.46. The molecule has 7 heteroatoms. The Morgan fingerprint density at radius 1 is 1.15 bits per heavy atom. The van der Waals surface area contributed by atoms with Crippen LogP contribution in [-0.2, 0) is 14.3 Å². The van der Waals surface area contributed by atoms with Crippen molar-refractivity contribution in [2.45, 2.75) is 26.3 Å². The SMILES string of the molecule is CCCNC(=O)[C@@H](C)NC(=O)COC(=O)c1cc2ccccc2cc1O. The summed E-state index contributed by atoms with van der Waals surface area (Å²) in [4.78, 5) is 35.7. The van der Waals surface area contributed by atoms with Gasteiger partial charge in [0, 0.05) is 6.54 Å². The van der Waals surface area contributed by atoms with Crippen LogP contribution in [0.3, 0.4) is 0 Å². The van der Waals surface area contributed by atoms with Crippen molar-refractivity contribution in [3.8, 4) is 5.75 Å². The fourth-order valence-corrected chi connectivity index (χ4v) is 2.35. The summed E-state index contributed by atoms with van der Waals surface area (Å²) in [6.45, 7) is 3.44. The molecule has 0 saturated carbocycles. The fourth-order valence-electron chi connectivity index (χ4n) is 2.35. The summed E-state index contributed by atoms with van der Waals surface area (Å²) in [7, 11) is 0. The van der Waals surface area contributed by atoms with Crippen LogP contribution in [-0.4, -0.2) is 42.1 Å². The molecule has 7 nitrogen and oxygen atoms in total. The number of ether oxygens (including phenoxy) is 1. The predicted molar refractivity (Wildman–Crippen MR) is 96.8 cm³/mol. The Kier molecular flexibility index (Phi) is 6.54. The summed E-state index contributed by atoms with van der Waals surface area (Å²) in [5, 5.41) is 16.6. The van der Waals surface area contributed by atoms with Crippen LogP contribution in [0.2, 0.25) is 0 Å². The van der Waals surface area contributed by atoms with E-state index in [0.717, 1.165) is 17.2 Å². The Balaban J connectivity index is 1.93. The van der Waals surface area contributed by atoms with Gasteiger partial charge in [0.2, 0.25) is 5.91 Å². The minimum atomic E-state index is -0.813. The number of rotatable bonds is 7. The molecule has 0 aliphatic carbocycles. The number of benzene rings is 2. The zero-order valence-electron chi connectivity index (χ0n) is 14.7. The quantitative estimate of drug-likeness (QED) is 0.654. The van der Waals surface area contributed by atoms with E-state index in [1.807, 2.05) is 25.1 Å². The highest BCUT2D eigenvalue weighted by Gasteiger charge is 2.18. The van der Waals surface area contributed by atoms with Gasteiger partial charge in [-0.05, 0) is 36.2 Å². The highest BCUT2D eigenvalue weighted by molar-refractivity contribution is 5.99. The van der Waals surface area contributed by atoms with Gasteiger partial charge in [-0.1, -0.05) is 31.2 Å². The van der Waals surface area contributed by atoms with Crippen molar-refractivity contribution < 1.29 is 24.2 Å². The van der Waals surface area contributed by atoms with Crippen molar-refractivity contribution in [2.24, 2.45) is 0 Å². The van der Waals surface area contributed by atoms with Crippen LogP contribution < -0.4 is 10.6 Å². The van der Waals surface area contributed by atoms with Gasteiger partial charge in [-0.15, -0.1) is 0 Å². The average Bonchev–Trinajstić information content (AvgIpc) is 2.63. The molecular formula is C19H22N2O5. The molecule has 0 saturated heterocycles.